The van der Waals surface area contributed by atoms with E-state index in [2.05, 4.69) is 15.3 Å². The van der Waals surface area contributed by atoms with Gasteiger partial charge >= 0.3 is 0 Å². The summed E-state index contributed by atoms with van der Waals surface area (Å²) in [6.45, 7) is 3.96. The number of hydrogen-bond donors (Lipinski definition) is 2. The first-order chi connectivity index (χ1) is 12.0. The Labute approximate surface area is 151 Å². The molecule has 1 aromatic heterocycles. The molecule has 0 aliphatic rings. The van der Waals surface area contributed by atoms with E-state index in [1.165, 1.54) is 17.8 Å². The van der Waals surface area contributed by atoms with Crippen LogP contribution in [0.3, 0.4) is 0 Å². The lowest BCUT2D eigenvalue weighted by Gasteiger charge is -2.14. The second-order valence-corrected chi connectivity index (χ2v) is 6.72. The summed E-state index contributed by atoms with van der Waals surface area (Å²) >= 11 is 1.27. The standard InChI is InChI=1S/C18H23N3O3S/c1-4-6-13-11-16(22)21-18(20-13)25-15(5-2)17(23)19-12-7-9-14(24-3)10-8-12/h7-11,15H,4-6H2,1-3H3,(H,19,23)(H,20,21,22). The van der Waals surface area contributed by atoms with Gasteiger partial charge in [0, 0.05) is 17.4 Å². The molecule has 134 valence electrons. The van der Waals surface area contributed by atoms with E-state index in [-0.39, 0.29) is 16.7 Å². The molecule has 2 rings (SSSR count). The van der Waals surface area contributed by atoms with Crippen molar-refractivity contribution in [1.82, 2.24) is 9.97 Å². The van der Waals surface area contributed by atoms with Gasteiger partial charge < -0.3 is 15.0 Å². The molecule has 0 spiro atoms. The molecule has 0 fully saturated rings. The minimum absolute atomic E-state index is 0.124. The van der Waals surface area contributed by atoms with Crippen molar-refractivity contribution in [2.75, 3.05) is 12.4 Å². The number of carbonyl (C=O) groups excluding carboxylic acids is 1. The molecule has 0 aliphatic carbocycles. The van der Waals surface area contributed by atoms with Crippen LogP contribution in [0.5, 0.6) is 5.75 Å². The smallest absolute Gasteiger partial charge is 0.251 e. The van der Waals surface area contributed by atoms with Crippen molar-refractivity contribution in [2.45, 2.75) is 43.5 Å². The number of carbonyl (C=O) groups is 1. The van der Waals surface area contributed by atoms with Crippen LogP contribution in [0.2, 0.25) is 0 Å². The minimum atomic E-state index is -0.345. The lowest BCUT2D eigenvalue weighted by atomic mass is 10.2. The van der Waals surface area contributed by atoms with E-state index in [1.54, 1.807) is 31.4 Å². The zero-order valence-corrected chi connectivity index (χ0v) is 15.5. The zero-order chi connectivity index (χ0) is 18.2. The van der Waals surface area contributed by atoms with E-state index < -0.39 is 0 Å². The highest BCUT2D eigenvalue weighted by atomic mass is 32.2. The van der Waals surface area contributed by atoms with E-state index in [0.717, 1.165) is 24.3 Å². The predicted molar refractivity (Wildman–Crippen MR) is 100 cm³/mol. The van der Waals surface area contributed by atoms with Crippen LogP contribution in [0.25, 0.3) is 0 Å². The largest absolute Gasteiger partial charge is 0.497 e. The molecule has 1 aromatic carbocycles. The molecule has 1 unspecified atom stereocenters. The van der Waals surface area contributed by atoms with Crippen molar-refractivity contribution < 1.29 is 9.53 Å². The van der Waals surface area contributed by atoms with Crippen LogP contribution in [0.4, 0.5) is 5.69 Å². The summed E-state index contributed by atoms with van der Waals surface area (Å²) in [7, 11) is 1.60. The SMILES string of the molecule is CCCc1cc(=O)[nH]c(SC(CC)C(=O)Nc2ccc(OC)cc2)n1. The first kappa shape index (κ1) is 19.1. The van der Waals surface area contributed by atoms with E-state index in [4.69, 9.17) is 4.74 Å². The van der Waals surface area contributed by atoms with Gasteiger partial charge in [0.2, 0.25) is 5.91 Å². The molecular formula is C18H23N3O3S. The third kappa shape index (κ3) is 5.63. The van der Waals surface area contributed by atoms with Crippen LogP contribution < -0.4 is 15.6 Å². The van der Waals surface area contributed by atoms with Crippen LogP contribution in [0.1, 0.15) is 32.4 Å². The average Bonchev–Trinajstić information content (AvgIpc) is 2.60. The van der Waals surface area contributed by atoms with Gasteiger partial charge in [-0.25, -0.2) is 4.98 Å². The Morgan fingerprint density at radius 2 is 2.04 bits per heavy atom. The molecule has 6 nitrogen and oxygen atoms in total. The van der Waals surface area contributed by atoms with E-state index in [1.807, 2.05) is 13.8 Å². The second kappa shape index (κ2) is 9.27. The van der Waals surface area contributed by atoms with Gasteiger partial charge in [-0.1, -0.05) is 32.0 Å². The Kier molecular flexibility index (Phi) is 7.06. The number of H-pyrrole nitrogens is 1. The molecule has 0 saturated heterocycles. The van der Waals surface area contributed by atoms with Crippen LogP contribution in [0.15, 0.2) is 40.3 Å². The Morgan fingerprint density at radius 3 is 2.64 bits per heavy atom. The number of aromatic nitrogens is 2. The summed E-state index contributed by atoms with van der Waals surface area (Å²) in [5, 5.41) is 3.02. The number of aromatic amines is 1. The van der Waals surface area contributed by atoms with E-state index >= 15 is 0 Å². The van der Waals surface area contributed by atoms with Crippen molar-refractivity contribution >= 4 is 23.4 Å². The number of thioether (sulfide) groups is 1. The quantitative estimate of drug-likeness (QED) is 0.557. The van der Waals surface area contributed by atoms with Crippen molar-refractivity contribution in [1.29, 1.82) is 0 Å². The number of aryl methyl sites for hydroxylation is 1. The molecule has 25 heavy (non-hydrogen) atoms. The first-order valence-electron chi connectivity index (χ1n) is 8.27. The molecule has 1 atom stereocenters. The molecule has 1 amide bonds. The van der Waals surface area contributed by atoms with Gasteiger partial charge in [0.05, 0.1) is 12.4 Å². The average molecular weight is 361 g/mol. The third-order valence-electron chi connectivity index (χ3n) is 3.55. The van der Waals surface area contributed by atoms with Crippen LogP contribution in [0, 0.1) is 0 Å². The zero-order valence-electron chi connectivity index (χ0n) is 14.7. The number of anilines is 1. The summed E-state index contributed by atoms with van der Waals surface area (Å²) in [5.74, 6) is 0.607. The number of hydrogen-bond acceptors (Lipinski definition) is 5. The van der Waals surface area contributed by atoms with Gasteiger partial charge in [0.25, 0.3) is 5.56 Å². The Hall–Kier alpha value is -2.28. The molecule has 0 bridgehead atoms. The minimum Gasteiger partial charge on any atom is -0.497 e. The third-order valence-corrected chi connectivity index (χ3v) is 4.80. The first-order valence-corrected chi connectivity index (χ1v) is 9.15. The summed E-state index contributed by atoms with van der Waals surface area (Å²) < 4.78 is 5.11. The fourth-order valence-corrected chi connectivity index (χ4v) is 3.21. The topological polar surface area (TPSA) is 84.1 Å². The highest BCUT2D eigenvalue weighted by Crippen LogP contribution is 2.24. The van der Waals surface area contributed by atoms with Crippen molar-refractivity contribution in [3.63, 3.8) is 0 Å². The number of nitrogens with one attached hydrogen (secondary N) is 2. The molecule has 2 aromatic rings. The Balaban J connectivity index is 2.07. The van der Waals surface area contributed by atoms with E-state index in [0.29, 0.717) is 17.3 Å². The maximum Gasteiger partial charge on any atom is 0.251 e. The molecule has 1 heterocycles. The number of rotatable bonds is 8. The van der Waals surface area contributed by atoms with Gasteiger partial charge in [-0.2, -0.15) is 0 Å². The fraction of sp³-hybridized carbons (Fsp3) is 0.389. The Bertz CT molecular complexity index is 759. The summed E-state index contributed by atoms with van der Waals surface area (Å²) in [4.78, 5) is 31.4. The molecule has 0 radical (unpaired) electrons. The van der Waals surface area contributed by atoms with Gasteiger partial charge in [0.1, 0.15) is 5.75 Å². The maximum atomic E-state index is 12.5. The Morgan fingerprint density at radius 1 is 1.32 bits per heavy atom. The van der Waals surface area contributed by atoms with Gasteiger partial charge in [0.15, 0.2) is 5.16 Å². The second-order valence-electron chi connectivity index (χ2n) is 5.52. The number of benzene rings is 1. The number of ether oxygens (including phenoxy) is 1. The van der Waals surface area contributed by atoms with Crippen LogP contribution in [-0.4, -0.2) is 28.2 Å². The van der Waals surface area contributed by atoms with Gasteiger partial charge in [-0.15, -0.1) is 0 Å². The fourth-order valence-electron chi connectivity index (χ4n) is 2.28. The summed E-state index contributed by atoms with van der Waals surface area (Å²) in [5.41, 5.74) is 1.26. The number of methoxy groups -OCH3 is 1. The molecule has 0 aliphatic heterocycles. The predicted octanol–water partition coefficient (Wildman–Crippen LogP) is 3.24. The highest BCUT2D eigenvalue weighted by molar-refractivity contribution is 8.00. The number of nitrogens with zero attached hydrogens (tertiary/aromatic N) is 1. The van der Waals surface area contributed by atoms with Gasteiger partial charge in [-0.05, 0) is 37.1 Å². The van der Waals surface area contributed by atoms with Crippen molar-refractivity contribution in [2.24, 2.45) is 0 Å². The number of amides is 1. The monoisotopic (exact) mass is 361 g/mol. The molecular weight excluding hydrogens is 338 g/mol. The normalized spacial score (nSPS) is 11.8. The maximum absolute atomic E-state index is 12.5. The van der Waals surface area contributed by atoms with E-state index in [9.17, 15) is 9.59 Å². The molecule has 2 N–H and O–H groups in total. The lowest BCUT2D eigenvalue weighted by Crippen LogP contribution is -2.25. The van der Waals surface area contributed by atoms with Crippen molar-refractivity contribution in [3.05, 3.63) is 46.4 Å². The van der Waals surface area contributed by atoms with Crippen LogP contribution in [-0.2, 0) is 11.2 Å². The van der Waals surface area contributed by atoms with Crippen molar-refractivity contribution in [3.8, 4) is 5.75 Å². The summed E-state index contributed by atoms with van der Waals surface area (Å²) in [6, 6.07) is 8.66. The lowest BCUT2D eigenvalue weighted by molar-refractivity contribution is -0.115. The highest BCUT2D eigenvalue weighted by Gasteiger charge is 2.19. The van der Waals surface area contributed by atoms with Gasteiger partial charge in [-0.3, -0.25) is 9.59 Å². The van der Waals surface area contributed by atoms with Crippen LogP contribution >= 0.6 is 11.8 Å². The summed E-state index contributed by atoms with van der Waals surface area (Å²) in [6.07, 6.45) is 2.27. The molecule has 7 heteroatoms. The molecule has 0 saturated carbocycles.